The number of amides is 1. The zero-order valence-electron chi connectivity index (χ0n) is 10.8. The van der Waals surface area contributed by atoms with E-state index >= 15 is 0 Å². The van der Waals surface area contributed by atoms with Crippen LogP contribution in [-0.2, 0) is 12.7 Å². The largest absolute Gasteiger partial charge is 0.416 e. The molecule has 2 aromatic rings. The molecule has 0 unspecified atom stereocenters. The van der Waals surface area contributed by atoms with E-state index in [1.807, 2.05) is 6.92 Å². The van der Waals surface area contributed by atoms with Crippen molar-refractivity contribution in [2.24, 2.45) is 0 Å². The summed E-state index contributed by atoms with van der Waals surface area (Å²) in [7, 11) is 0. The molecule has 0 aliphatic heterocycles. The fourth-order valence-corrected chi connectivity index (χ4v) is 2.67. The van der Waals surface area contributed by atoms with Crippen molar-refractivity contribution in [1.82, 2.24) is 10.3 Å². The fraction of sp³-hybridized carbons (Fsp3) is 0.231. The Labute approximate surface area is 131 Å². The topological polar surface area (TPSA) is 42.0 Å². The molecule has 1 aromatic heterocycles. The second kappa shape index (κ2) is 6.15. The first kappa shape index (κ1) is 16.0. The molecule has 8 heteroatoms. The van der Waals surface area contributed by atoms with E-state index in [9.17, 15) is 18.0 Å². The van der Waals surface area contributed by atoms with Crippen molar-refractivity contribution in [2.75, 3.05) is 0 Å². The Morgan fingerprint density at radius 2 is 2.14 bits per heavy atom. The quantitative estimate of drug-likeness (QED) is 0.870. The third kappa shape index (κ3) is 4.04. The second-order valence-corrected chi connectivity index (χ2v) is 6.15. The van der Waals surface area contributed by atoms with Gasteiger partial charge in [-0.3, -0.25) is 4.79 Å². The van der Waals surface area contributed by atoms with Gasteiger partial charge in [0, 0.05) is 9.85 Å². The molecule has 0 saturated heterocycles. The minimum atomic E-state index is -4.48. The fourth-order valence-electron chi connectivity index (χ4n) is 1.63. The molecular weight excluding hydrogens is 369 g/mol. The molecule has 1 N–H and O–H groups in total. The number of halogens is 4. The minimum absolute atomic E-state index is 0.0585. The maximum atomic E-state index is 12.7. The molecule has 3 nitrogen and oxygen atoms in total. The SMILES string of the molecule is Cc1nc(CNC(=O)c2cc(C(F)(F)F)ccc2Br)cs1. The van der Waals surface area contributed by atoms with E-state index in [0.29, 0.717) is 10.2 Å². The van der Waals surface area contributed by atoms with Crippen LogP contribution in [0.25, 0.3) is 0 Å². The van der Waals surface area contributed by atoms with Crippen molar-refractivity contribution in [3.8, 4) is 0 Å². The predicted molar refractivity (Wildman–Crippen MR) is 77.2 cm³/mol. The minimum Gasteiger partial charge on any atom is -0.346 e. The summed E-state index contributed by atoms with van der Waals surface area (Å²) in [4.78, 5) is 16.2. The average molecular weight is 379 g/mol. The molecule has 0 aliphatic carbocycles. The highest BCUT2D eigenvalue weighted by Gasteiger charge is 2.31. The van der Waals surface area contributed by atoms with Gasteiger partial charge in [-0.1, -0.05) is 0 Å². The lowest BCUT2D eigenvalue weighted by molar-refractivity contribution is -0.137. The standard InChI is InChI=1S/C13H10BrF3N2OS/c1-7-19-9(6-21-7)5-18-12(20)10-4-8(13(15,16)17)2-3-11(10)14/h2-4,6H,5H2,1H3,(H,18,20). The van der Waals surface area contributed by atoms with Gasteiger partial charge in [0.05, 0.1) is 28.4 Å². The number of hydrogen-bond donors (Lipinski definition) is 1. The first-order chi connectivity index (χ1) is 9.77. The molecule has 0 spiro atoms. The maximum Gasteiger partial charge on any atom is 0.416 e. The number of rotatable bonds is 3. The van der Waals surface area contributed by atoms with E-state index in [2.05, 4.69) is 26.2 Å². The number of nitrogens with one attached hydrogen (secondary N) is 1. The first-order valence-corrected chi connectivity index (χ1v) is 7.50. The molecule has 1 aromatic carbocycles. The van der Waals surface area contributed by atoms with E-state index < -0.39 is 17.6 Å². The van der Waals surface area contributed by atoms with Gasteiger partial charge in [0.25, 0.3) is 5.91 Å². The Balaban J connectivity index is 2.15. The van der Waals surface area contributed by atoms with Gasteiger partial charge in [-0.05, 0) is 41.1 Å². The summed E-state index contributed by atoms with van der Waals surface area (Å²) in [5.74, 6) is -0.585. The number of carbonyl (C=O) groups excluding carboxylic acids is 1. The molecule has 112 valence electrons. The zero-order chi connectivity index (χ0) is 15.6. The third-order valence-corrected chi connectivity index (χ3v) is 4.15. The van der Waals surface area contributed by atoms with Crippen LogP contribution in [0.2, 0.25) is 0 Å². The average Bonchev–Trinajstić information content (AvgIpc) is 2.81. The Morgan fingerprint density at radius 1 is 1.43 bits per heavy atom. The Kier molecular flexibility index (Phi) is 4.67. The van der Waals surface area contributed by atoms with Crippen LogP contribution in [0.1, 0.15) is 26.6 Å². The lowest BCUT2D eigenvalue weighted by atomic mass is 10.1. The van der Waals surface area contributed by atoms with Crippen molar-refractivity contribution in [1.29, 1.82) is 0 Å². The number of benzene rings is 1. The van der Waals surface area contributed by atoms with Crippen LogP contribution in [0.5, 0.6) is 0 Å². The molecule has 21 heavy (non-hydrogen) atoms. The van der Waals surface area contributed by atoms with E-state index in [0.717, 1.165) is 17.1 Å². The normalized spacial score (nSPS) is 11.5. The molecule has 0 bridgehead atoms. The zero-order valence-corrected chi connectivity index (χ0v) is 13.2. The van der Waals surface area contributed by atoms with E-state index in [1.165, 1.54) is 17.4 Å². The molecule has 1 heterocycles. The van der Waals surface area contributed by atoms with Gasteiger partial charge in [0.2, 0.25) is 0 Å². The Bertz CT molecular complexity index is 670. The van der Waals surface area contributed by atoms with E-state index in [4.69, 9.17) is 0 Å². The molecule has 1 amide bonds. The van der Waals surface area contributed by atoms with Gasteiger partial charge in [0.1, 0.15) is 0 Å². The summed E-state index contributed by atoms with van der Waals surface area (Å²) in [5, 5.41) is 5.21. The molecule has 0 saturated carbocycles. The number of aryl methyl sites for hydroxylation is 1. The highest BCUT2D eigenvalue weighted by atomic mass is 79.9. The molecule has 0 fully saturated rings. The van der Waals surface area contributed by atoms with E-state index in [-0.39, 0.29) is 12.1 Å². The second-order valence-electron chi connectivity index (χ2n) is 4.23. The highest BCUT2D eigenvalue weighted by molar-refractivity contribution is 9.10. The molecule has 0 atom stereocenters. The summed E-state index contributed by atoms with van der Waals surface area (Å²) in [6.45, 7) is 2.01. The van der Waals surface area contributed by atoms with Crippen LogP contribution >= 0.6 is 27.3 Å². The van der Waals surface area contributed by atoms with Gasteiger partial charge < -0.3 is 5.32 Å². The van der Waals surface area contributed by atoms with Crippen LogP contribution in [0.3, 0.4) is 0 Å². The number of alkyl halides is 3. The number of aromatic nitrogens is 1. The number of thiazole rings is 1. The Morgan fingerprint density at radius 3 is 2.71 bits per heavy atom. The van der Waals surface area contributed by atoms with Crippen LogP contribution in [0.4, 0.5) is 13.2 Å². The number of hydrogen-bond acceptors (Lipinski definition) is 3. The van der Waals surface area contributed by atoms with Gasteiger partial charge >= 0.3 is 6.18 Å². The van der Waals surface area contributed by atoms with Gasteiger partial charge in [0.15, 0.2) is 0 Å². The number of carbonyl (C=O) groups is 1. The third-order valence-electron chi connectivity index (χ3n) is 2.63. The van der Waals surface area contributed by atoms with Crippen LogP contribution in [0.15, 0.2) is 28.1 Å². The molecular formula is C13H10BrF3N2OS. The van der Waals surface area contributed by atoms with Gasteiger partial charge in [-0.25, -0.2) is 4.98 Å². The van der Waals surface area contributed by atoms with Crippen LogP contribution < -0.4 is 5.32 Å². The van der Waals surface area contributed by atoms with Crippen molar-refractivity contribution < 1.29 is 18.0 Å². The summed E-state index contributed by atoms with van der Waals surface area (Å²) in [5.41, 5.74) is -0.244. The highest BCUT2D eigenvalue weighted by Crippen LogP contribution is 2.31. The molecule has 0 radical (unpaired) electrons. The van der Waals surface area contributed by atoms with Crippen molar-refractivity contribution in [2.45, 2.75) is 19.6 Å². The summed E-state index contributed by atoms with van der Waals surface area (Å²) < 4.78 is 38.3. The van der Waals surface area contributed by atoms with Crippen LogP contribution in [0, 0.1) is 6.92 Å². The van der Waals surface area contributed by atoms with Crippen molar-refractivity contribution in [3.05, 3.63) is 49.9 Å². The number of nitrogens with zero attached hydrogens (tertiary/aromatic N) is 1. The van der Waals surface area contributed by atoms with Crippen LogP contribution in [-0.4, -0.2) is 10.9 Å². The lowest BCUT2D eigenvalue weighted by Crippen LogP contribution is -2.24. The smallest absolute Gasteiger partial charge is 0.346 e. The van der Waals surface area contributed by atoms with Crippen molar-refractivity contribution in [3.63, 3.8) is 0 Å². The summed E-state index contributed by atoms with van der Waals surface area (Å²) in [6.07, 6.45) is -4.48. The lowest BCUT2D eigenvalue weighted by Gasteiger charge is -2.10. The van der Waals surface area contributed by atoms with Gasteiger partial charge in [-0.2, -0.15) is 13.2 Å². The Hall–Kier alpha value is -1.41. The van der Waals surface area contributed by atoms with Crippen molar-refractivity contribution >= 4 is 33.2 Å². The predicted octanol–water partition coefficient (Wildman–Crippen LogP) is 4.16. The van der Waals surface area contributed by atoms with E-state index in [1.54, 1.807) is 5.38 Å². The summed E-state index contributed by atoms with van der Waals surface area (Å²) in [6, 6.07) is 2.96. The first-order valence-electron chi connectivity index (χ1n) is 5.83. The molecule has 0 aliphatic rings. The maximum absolute atomic E-state index is 12.7. The monoisotopic (exact) mass is 378 g/mol. The molecule has 2 rings (SSSR count). The van der Waals surface area contributed by atoms with Gasteiger partial charge in [-0.15, -0.1) is 11.3 Å². The summed E-state index contributed by atoms with van der Waals surface area (Å²) >= 11 is 4.53.